The van der Waals surface area contributed by atoms with E-state index in [1.54, 1.807) is 11.2 Å². The zero-order valence-corrected chi connectivity index (χ0v) is 10.8. The molecular formula is C16H17N2O+. The van der Waals surface area contributed by atoms with Gasteiger partial charge in [-0.2, -0.15) is 0 Å². The number of quaternary nitrogens is 1. The summed E-state index contributed by atoms with van der Waals surface area (Å²) in [5.41, 5.74) is 5.49. The van der Waals surface area contributed by atoms with Crippen LogP contribution in [0.5, 0.6) is 0 Å². The molecule has 0 saturated carbocycles. The summed E-state index contributed by atoms with van der Waals surface area (Å²) >= 11 is 0. The number of nitrogens with one attached hydrogen (secondary N) is 2. The predicted octanol–water partition coefficient (Wildman–Crippen LogP) is 1.90. The Hall–Kier alpha value is -2.00. The van der Waals surface area contributed by atoms with Gasteiger partial charge in [0, 0.05) is 22.9 Å². The molecule has 3 aromatic rings. The van der Waals surface area contributed by atoms with E-state index in [2.05, 4.69) is 35.3 Å². The van der Waals surface area contributed by atoms with E-state index in [1.165, 1.54) is 34.3 Å². The van der Waals surface area contributed by atoms with Crippen molar-refractivity contribution in [2.24, 2.45) is 0 Å². The molecule has 1 atom stereocenters. The highest BCUT2D eigenvalue weighted by atomic mass is 16.3. The first-order valence-electron chi connectivity index (χ1n) is 6.83. The van der Waals surface area contributed by atoms with Crippen LogP contribution in [0.15, 0.2) is 47.3 Å². The van der Waals surface area contributed by atoms with Gasteiger partial charge in [-0.25, -0.2) is 0 Å². The van der Waals surface area contributed by atoms with Gasteiger partial charge in [0.1, 0.15) is 13.1 Å². The van der Waals surface area contributed by atoms with Crippen molar-refractivity contribution in [3.8, 4) is 0 Å². The van der Waals surface area contributed by atoms with Gasteiger partial charge in [-0.3, -0.25) is 0 Å². The third-order valence-corrected chi connectivity index (χ3v) is 4.09. The van der Waals surface area contributed by atoms with Crippen LogP contribution in [0, 0.1) is 0 Å². The van der Waals surface area contributed by atoms with Crippen LogP contribution >= 0.6 is 0 Å². The van der Waals surface area contributed by atoms with E-state index in [0.29, 0.717) is 0 Å². The minimum atomic E-state index is 1.05. The molecule has 96 valence electrons. The van der Waals surface area contributed by atoms with E-state index in [-0.39, 0.29) is 0 Å². The molecule has 0 bridgehead atoms. The van der Waals surface area contributed by atoms with Gasteiger partial charge in [-0.05, 0) is 17.7 Å². The molecule has 0 fully saturated rings. The van der Waals surface area contributed by atoms with Crippen LogP contribution in [-0.2, 0) is 19.5 Å². The van der Waals surface area contributed by atoms with Crippen LogP contribution in [0.25, 0.3) is 10.9 Å². The highest BCUT2D eigenvalue weighted by Gasteiger charge is 2.23. The van der Waals surface area contributed by atoms with Gasteiger partial charge in [0.15, 0.2) is 0 Å². The summed E-state index contributed by atoms with van der Waals surface area (Å²) in [7, 11) is 0. The zero-order chi connectivity index (χ0) is 12.7. The lowest BCUT2D eigenvalue weighted by atomic mass is 10.0. The molecule has 0 spiro atoms. The topological polar surface area (TPSA) is 33.4 Å². The Morgan fingerprint density at radius 1 is 1.21 bits per heavy atom. The summed E-state index contributed by atoms with van der Waals surface area (Å²) in [6.07, 6.45) is 4.77. The lowest BCUT2D eigenvalue weighted by Gasteiger charge is -2.23. The molecule has 0 saturated heterocycles. The second kappa shape index (κ2) is 4.28. The minimum Gasteiger partial charge on any atom is -0.472 e. The van der Waals surface area contributed by atoms with E-state index in [1.807, 2.05) is 6.26 Å². The Kier molecular flexibility index (Phi) is 2.45. The number of aromatic nitrogens is 1. The molecule has 2 N–H and O–H groups in total. The highest BCUT2D eigenvalue weighted by Crippen LogP contribution is 2.23. The summed E-state index contributed by atoms with van der Waals surface area (Å²) in [6.45, 7) is 3.32. The van der Waals surface area contributed by atoms with Crippen molar-refractivity contribution in [2.75, 3.05) is 6.54 Å². The molecule has 0 radical (unpaired) electrons. The number of rotatable bonds is 2. The summed E-state index contributed by atoms with van der Waals surface area (Å²) in [5.74, 6) is 0. The maximum absolute atomic E-state index is 5.15. The number of furan rings is 1. The van der Waals surface area contributed by atoms with Crippen LogP contribution in [0.3, 0.4) is 0 Å². The van der Waals surface area contributed by atoms with Crippen LogP contribution in [0.1, 0.15) is 16.8 Å². The maximum atomic E-state index is 5.15. The molecule has 2 aromatic heterocycles. The average Bonchev–Trinajstić information content (AvgIpc) is 3.05. The highest BCUT2D eigenvalue weighted by molar-refractivity contribution is 5.84. The van der Waals surface area contributed by atoms with Crippen molar-refractivity contribution in [3.63, 3.8) is 0 Å². The number of hydrogen-bond acceptors (Lipinski definition) is 1. The molecule has 19 heavy (non-hydrogen) atoms. The third-order valence-electron chi connectivity index (χ3n) is 4.09. The molecule has 3 heterocycles. The molecule has 1 unspecified atom stereocenters. The number of benzene rings is 1. The second-order valence-corrected chi connectivity index (χ2v) is 5.36. The quantitative estimate of drug-likeness (QED) is 0.718. The SMILES string of the molecule is c1ccc2c3c([nH]c2c1)C[NH+](Cc1ccoc1)CC3. The first kappa shape index (κ1) is 10.9. The molecular weight excluding hydrogens is 236 g/mol. The zero-order valence-electron chi connectivity index (χ0n) is 10.8. The Bertz CT molecular complexity index is 697. The number of aromatic amines is 1. The lowest BCUT2D eigenvalue weighted by molar-refractivity contribution is -0.929. The monoisotopic (exact) mass is 253 g/mol. The third kappa shape index (κ3) is 1.87. The number of hydrogen-bond donors (Lipinski definition) is 2. The smallest absolute Gasteiger partial charge is 0.118 e. The number of fused-ring (bicyclic) bond motifs is 3. The van der Waals surface area contributed by atoms with Gasteiger partial charge in [-0.15, -0.1) is 0 Å². The fourth-order valence-corrected chi connectivity index (χ4v) is 3.17. The summed E-state index contributed by atoms with van der Waals surface area (Å²) in [6, 6.07) is 10.7. The molecule has 3 nitrogen and oxygen atoms in total. The number of H-pyrrole nitrogens is 1. The lowest BCUT2D eigenvalue weighted by Crippen LogP contribution is -3.10. The van der Waals surface area contributed by atoms with Crippen molar-refractivity contribution in [1.82, 2.24) is 4.98 Å². The van der Waals surface area contributed by atoms with Gasteiger partial charge in [0.05, 0.1) is 24.8 Å². The predicted molar refractivity (Wildman–Crippen MR) is 73.9 cm³/mol. The van der Waals surface area contributed by atoms with Crippen molar-refractivity contribution in [3.05, 3.63) is 59.7 Å². The Morgan fingerprint density at radius 3 is 3.05 bits per heavy atom. The van der Waals surface area contributed by atoms with Gasteiger partial charge < -0.3 is 14.3 Å². The number of para-hydroxylation sites is 1. The molecule has 0 aliphatic carbocycles. The maximum Gasteiger partial charge on any atom is 0.118 e. The summed E-state index contributed by atoms with van der Waals surface area (Å²) < 4.78 is 5.15. The van der Waals surface area contributed by atoms with Gasteiger partial charge in [0.2, 0.25) is 0 Å². The molecule has 1 aliphatic rings. The first-order valence-corrected chi connectivity index (χ1v) is 6.83. The summed E-state index contributed by atoms with van der Waals surface area (Å²) in [5, 5.41) is 1.40. The van der Waals surface area contributed by atoms with E-state index in [9.17, 15) is 0 Å². The van der Waals surface area contributed by atoms with Crippen molar-refractivity contribution in [2.45, 2.75) is 19.5 Å². The van der Waals surface area contributed by atoms with Crippen LogP contribution in [0.2, 0.25) is 0 Å². The molecule has 4 rings (SSSR count). The van der Waals surface area contributed by atoms with Crippen LogP contribution < -0.4 is 4.90 Å². The van der Waals surface area contributed by atoms with Crippen LogP contribution in [-0.4, -0.2) is 11.5 Å². The average molecular weight is 253 g/mol. The fourth-order valence-electron chi connectivity index (χ4n) is 3.17. The normalized spacial score (nSPS) is 18.6. The second-order valence-electron chi connectivity index (χ2n) is 5.36. The molecule has 1 aromatic carbocycles. The van der Waals surface area contributed by atoms with Gasteiger partial charge >= 0.3 is 0 Å². The largest absolute Gasteiger partial charge is 0.472 e. The van der Waals surface area contributed by atoms with E-state index in [4.69, 9.17) is 4.42 Å². The summed E-state index contributed by atoms with van der Waals surface area (Å²) in [4.78, 5) is 5.18. The molecule has 0 amide bonds. The Morgan fingerprint density at radius 2 is 2.16 bits per heavy atom. The molecule has 3 heteroatoms. The first-order chi connectivity index (χ1) is 9.40. The van der Waals surface area contributed by atoms with Gasteiger partial charge in [0.25, 0.3) is 0 Å². The van der Waals surface area contributed by atoms with Gasteiger partial charge in [-0.1, -0.05) is 18.2 Å². The molecule has 1 aliphatic heterocycles. The van der Waals surface area contributed by atoms with E-state index >= 15 is 0 Å². The fraction of sp³-hybridized carbons (Fsp3) is 0.250. The van der Waals surface area contributed by atoms with Crippen LogP contribution in [0.4, 0.5) is 0 Å². The van der Waals surface area contributed by atoms with E-state index in [0.717, 1.165) is 19.5 Å². The minimum absolute atomic E-state index is 1.05. The van der Waals surface area contributed by atoms with Crippen molar-refractivity contribution < 1.29 is 9.32 Å². The Balaban J connectivity index is 1.63. The Labute approximate surface area is 111 Å². The standard InChI is InChI=1S/C16H16N2O/c1-2-4-15-13(3-1)14-5-7-18(10-16(14)17-15)9-12-6-8-19-11-12/h1-4,6,8,11,17H,5,7,9-10H2/p+1. The van der Waals surface area contributed by atoms with Crippen molar-refractivity contribution in [1.29, 1.82) is 0 Å². The van der Waals surface area contributed by atoms with Crippen molar-refractivity contribution >= 4 is 10.9 Å². The van der Waals surface area contributed by atoms with E-state index < -0.39 is 0 Å².